The van der Waals surface area contributed by atoms with Gasteiger partial charge in [-0.1, -0.05) is 0 Å². The lowest BCUT2D eigenvalue weighted by Crippen LogP contribution is -2.11. The molecule has 0 radical (unpaired) electrons. The lowest BCUT2D eigenvalue weighted by Gasteiger charge is -1.86. The Kier molecular flexibility index (Phi) is 1.84. The van der Waals surface area contributed by atoms with E-state index in [1.165, 1.54) is 12.5 Å². The highest BCUT2D eigenvalue weighted by molar-refractivity contribution is 9.08. The van der Waals surface area contributed by atoms with Crippen LogP contribution in [0.5, 0.6) is 0 Å². The third kappa shape index (κ3) is 1.29. The Morgan fingerprint density at radius 3 is 3.11 bits per heavy atom. The minimum Gasteiger partial charge on any atom is -0.441 e. The largest absolute Gasteiger partial charge is 0.441 e. The second kappa shape index (κ2) is 2.63. The first kappa shape index (κ1) is 6.28. The van der Waals surface area contributed by atoms with Crippen molar-refractivity contribution in [1.29, 1.82) is 0 Å². The molecule has 0 saturated heterocycles. The highest BCUT2D eigenvalue weighted by Crippen LogP contribution is 1.93. The van der Waals surface area contributed by atoms with Crippen molar-refractivity contribution in [3.63, 3.8) is 0 Å². The van der Waals surface area contributed by atoms with E-state index in [0.29, 0.717) is 0 Å². The second-order valence-electron chi connectivity index (χ2n) is 1.26. The summed E-state index contributed by atoms with van der Waals surface area (Å²) in [5.74, 6) is -0.341. The van der Waals surface area contributed by atoms with Gasteiger partial charge in [-0.2, -0.15) is 0 Å². The Morgan fingerprint density at radius 1 is 1.89 bits per heavy atom. The summed E-state index contributed by atoms with van der Waals surface area (Å²) in [5.41, 5.74) is 0. The van der Waals surface area contributed by atoms with Gasteiger partial charge in [0.05, 0.1) is 6.20 Å². The number of carbonyl (C=O) groups excluding carboxylic acids is 1. The third-order valence-electron chi connectivity index (χ3n) is 0.712. The van der Waals surface area contributed by atoms with Gasteiger partial charge in [0.2, 0.25) is 0 Å². The molecule has 0 saturated carbocycles. The summed E-state index contributed by atoms with van der Waals surface area (Å²) < 4.78 is 6.82. The monoisotopic (exact) mass is 190 g/mol. The van der Waals surface area contributed by atoms with Crippen molar-refractivity contribution in [2.24, 2.45) is 0 Å². The molecule has 0 fully saturated rings. The molecular weight excluding hydrogens is 188 g/mol. The molecule has 0 unspecified atom stereocenters. The van der Waals surface area contributed by atoms with Crippen molar-refractivity contribution in [1.82, 2.24) is 9.33 Å². The van der Waals surface area contributed by atoms with Gasteiger partial charge in [0.15, 0.2) is 0 Å². The van der Waals surface area contributed by atoms with E-state index < -0.39 is 0 Å². The summed E-state index contributed by atoms with van der Waals surface area (Å²) in [6.07, 6.45) is 2.73. The van der Waals surface area contributed by atoms with Crippen LogP contribution in [0.3, 0.4) is 0 Å². The SMILES string of the molecule is O=C(NBr)c1ncco1. The van der Waals surface area contributed by atoms with Gasteiger partial charge in [0.1, 0.15) is 6.26 Å². The highest BCUT2D eigenvalue weighted by Gasteiger charge is 2.06. The summed E-state index contributed by atoms with van der Waals surface area (Å²) in [6.45, 7) is 0. The minimum absolute atomic E-state index is 0.0480. The van der Waals surface area contributed by atoms with Crippen molar-refractivity contribution in [3.05, 3.63) is 18.4 Å². The number of halogens is 1. The van der Waals surface area contributed by atoms with Gasteiger partial charge < -0.3 is 4.42 Å². The molecule has 0 bridgehead atoms. The molecule has 1 rings (SSSR count). The van der Waals surface area contributed by atoms with Gasteiger partial charge in [0, 0.05) is 16.1 Å². The molecule has 0 aliphatic carbocycles. The number of aromatic nitrogens is 1. The second-order valence-corrected chi connectivity index (χ2v) is 1.66. The van der Waals surface area contributed by atoms with Gasteiger partial charge >= 0.3 is 5.91 Å². The molecule has 1 N–H and O–H groups in total. The van der Waals surface area contributed by atoms with Crippen LogP contribution in [0.2, 0.25) is 0 Å². The molecular formula is C4H3BrN2O2. The summed E-state index contributed by atoms with van der Waals surface area (Å²) in [7, 11) is 0. The molecule has 1 heterocycles. The van der Waals surface area contributed by atoms with Gasteiger partial charge in [0.25, 0.3) is 5.89 Å². The van der Waals surface area contributed by atoms with Crippen LogP contribution in [0, 0.1) is 0 Å². The average molecular weight is 191 g/mol. The van der Waals surface area contributed by atoms with Gasteiger partial charge in [-0.05, 0) is 0 Å². The highest BCUT2D eigenvalue weighted by atomic mass is 79.9. The molecule has 1 aromatic heterocycles. The summed E-state index contributed by atoms with van der Waals surface area (Å²) in [5, 5.41) is 0. The molecule has 0 aliphatic heterocycles. The number of rotatable bonds is 1. The normalized spacial score (nSPS) is 9.00. The minimum atomic E-state index is -0.389. The molecule has 4 nitrogen and oxygen atoms in total. The van der Waals surface area contributed by atoms with Crippen molar-refractivity contribution in [2.75, 3.05) is 0 Å². The zero-order valence-corrected chi connectivity index (χ0v) is 5.88. The first-order valence-corrected chi connectivity index (χ1v) is 2.94. The van der Waals surface area contributed by atoms with Crippen LogP contribution in [-0.4, -0.2) is 10.9 Å². The van der Waals surface area contributed by atoms with Crippen molar-refractivity contribution in [3.8, 4) is 0 Å². The van der Waals surface area contributed by atoms with E-state index in [0.717, 1.165) is 0 Å². The summed E-state index contributed by atoms with van der Waals surface area (Å²) >= 11 is 2.74. The molecule has 0 atom stereocenters. The fraction of sp³-hybridized carbons (Fsp3) is 0. The third-order valence-corrected chi connectivity index (χ3v) is 1.07. The maximum Gasteiger partial charge on any atom is 0.316 e. The molecule has 48 valence electrons. The number of nitrogens with zero attached hydrogens (tertiary/aromatic N) is 1. The number of hydrogen-bond acceptors (Lipinski definition) is 3. The van der Waals surface area contributed by atoms with Crippen LogP contribution in [0.25, 0.3) is 0 Å². The molecule has 9 heavy (non-hydrogen) atoms. The lowest BCUT2D eigenvalue weighted by atomic mass is 10.6. The van der Waals surface area contributed by atoms with Crippen molar-refractivity contribution in [2.45, 2.75) is 0 Å². The standard InChI is InChI=1S/C4H3BrN2O2/c5-7-3(8)4-6-1-2-9-4/h1-2H,(H,7,8). The number of amides is 1. The maximum atomic E-state index is 10.6. The Balaban J connectivity index is 2.77. The molecule has 0 aromatic carbocycles. The van der Waals surface area contributed by atoms with Crippen LogP contribution in [-0.2, 0) is 0 Å². The van der Waals surface area contributed by atoms with Crippen LogP contribution in [0.1, 0.15) is 10.7 Å². The van der Waals surface area contributed by atoms with Crippen LogP contribution < -0.4 is 4.34 Å². The maximum absolute atomic E-state index is 10.6. The Morgan fingerprint density at radius 2 is 2.67 bits per heavy atom. The quantitative estimate of drug-likeness (QED) is 0.665. The van der Waals surface area contributed by atoms with Crippen molar-refractivity contribution >= 4 is 22.1 Å². The van der Waals surface area contributed by atoms with Crippen LogP contribution in [0.4, 0.5) is 0 Å². The van der Waals surface area contributed by atoms with E-state index in [2.05, 4.69) is 29.9 Å². The van der Waals surface area contributed by atoms with E-state index in [1.807, 2.05) is 0 Å². The van der Waals surface area contributed by atoms with E-state index in [-0.39, 0.29) is 11.8 Å². The first-order valence-electron chi connectivity index (χ1n) is 2.15. The Hall–Kier alpha value is -0.840. The zero-order valence-electron chi connectivity index (χ0n) is 4.30. The fourth-order valence-electron chi connectivity index (χ4n) is 0.376. The molecule has 0 aliphatic rings. The van der Waals surface area contributed by atoms with E-state index >= 15 is 0 Å². The van der Waals surface area contributed by atoms with E-state index in [1.54, 1.807) is 0 Å². The smallest absolute Gasteiger partial charge is 0.316 e. The number of nitrogens with one attached hydrogen (secondary N) is 1. The van der Waals surface area contributed by atoms with Gasteiger partial charge in [-0.25, -0.2) is 4.98 Å². The number of oxazole rings is 1. The molecule has 1 aromatic rings. The van der Waals surface area contributed by atoms with E-state index in [4.69, 9.17) is 0 Å². The summed E-state index contributed by atoms with van der Waals surface area (Å²) in [6, 6.07) is 0. The first-order chi connectivity index (χ1) is 4.34. The summed E-state index contributed by atoms with van der Waals surface area (Å²) in [4.78, 5) is 14.1. The lowest BCUT2D eigenvalue weighted by molar-refractivity contribution is 0.0953. The fourth-order valence-corrected chi connectivity index (χ4v) is 0.546. The molecule has 1 amide bonds. The van der Waals surface area contributed by atoms with Crippen LogP contribution >= 0.6 is 16.1 Å². The molecule has 5 heteroatoms. The predicted octanol–water partition coefficient (Wildman–Crippen LogP) is 0.714. The zero-order chi connectivity index (χ0) is 6.69. The van der Waals surface area contributed by atoms with Crippen LogP contribution in [0.15, 0.2) is 16.9 Å². The number of carbonyl (C=O) groups is 1. The predicted molar refractivity (Wildman–Crippen MR) is 32.9 cm³/mol. The van der Waals surface area contributed by atoms with Gasteiger partial charge in [-0.3, -0.25) is 9.14 Å². The Labute approximate surface area is 59.6 Å². The topological polar surface area (TPSA) is 55.1 Å². The molecule has 0 spiro atoms. The van der Waals surface area contributed by atoms with E-state index in [9.17, 15) is 4.79 Å². The Bertz CT molecular complexity index is 196. The number of hydrogen-bond donors (Lipinski definition) is 1. The van der Waals surface area contributed by atoms with Crippen molar-refractivity contribution < 1.29 is 9.21 Å². The average Bonchev–Trinajstić information content (AvgIpc) is 2.37. The van der Waals surface area contributed by atoms with Gasteiger partial charge in [-0.15, -0.1) is 0 Å².